The summed E-state index contributed by atoms with van der Waals surface area (Å²) in [5.41, 5.74) is 0.631. The Labute approximate surface area is 94.0 Å². The van der Waals surface area contributed by atoms with Gasteiger partial charge in [0.15, 0.2) is 5.58 Å². The van der Waals surface area contributed by atoms with Crippen LogP contribution in [0.3, 0.4) is 0 Å². The van der Waals surface area contributed by atoms with Crippen LogP contribution in [0.5, 0.6) is 0 Å². The molecule has 1 aromatic heterocycles. The molecule has 0 aliphatic rings. The molecule has 1 aromatic carbocycles. The zero-order valence-corrected chi connectivity index (χ0v) is 9.43. The summed E-state index contributed by atoms with van der Waals surface area (Å²) in [6.07, 6.45) is 1.09. The molecule has 0 aliphatic carbocycles. The molecule has 72 valence electrons. The summed E-state index contributed by atoms with van der Waals surface area (Å²) in [5, 5.41) is 1.45. The van der Waals surface area contributed by atoms with Crippen LogP contribution in [0.4, 0.5) is 0 Å². The molecule has 0 N–H and O–H groups in total. The third kappa shape index (κ3) is 1.70. The number of carbonyl (C=O) groups is 1. The second-order valence-electron chi connectivity index (χ2n) is 2.89. The maximum atomic E-state index is 10.3. The standard InChI is InChI=1S/C10H6BrClO2/c11-7-3-6-4-8(1-2-13)14-10(6)9(12)5-7/h2-5H,1H2. The molecular formula is C10H6BrClO2. The molecule has 2 aromatic rings. The highest BCUT2D eigenvalue weighted by Gasteiger charge is 2.07. The van der Waals surface area contributed by atoms with E-state index in [1.165, 1.54) is 0 Å². The average Bonchev–Trinajstić information content (AvgIpc) is 2.48. The van der Waals surface area contributed by atoms with Gasteiger partial charge in [-0.15, -0.1) is 0 Å². The van der Waals surface area contributed by atoms with Gasteiger partial charge in [0, 0.05) is 9.86 Å². The maximum absolute atomic E-state index is 10.3. The lowest BCUT2D eigenvalue weighted by Crippen LogP contribution is -1.78. The van der Waals surface area contributed by atoms with Gasteiger partial charge in [-0.1, -0.05) is 27.5 Å². The van der Waals surface area contributed by atoms with Crippen molar-refractivity contribution in [1.29, 1.82) is 0 Å². The molecule has 0 fully saturated rings. The van der Waals surface area contributed by atoms with Crippen LogP contribution in [0.25, 0.3) is 11.0 Å². The minimum atomic E-state index is 0.280. The van der Waals surface area contributed by atoms with Gasteiger partial charge < -0.3 is 9.21 Å². The summed E-state index contributed by atoms with van der Waals surface area (Å²) >= 11 is 9.30. The van der Waals surface area contributed by atoms with Gasteiger partial charge in [-0.05, 0) is 18.2 Å². The average molecular weight is 274 g/mol. The van der Waals surface area contributed by atoms with Gasteiger partial charge in [0.1, 0.15) is 12.0 Å². The van der Waals surface area contributed by atoms with E-state index >= 15 is 0 Å². The molecule has 14 heavy (non-hydrogen) atoms. The number of hydrogen-bond donors (Lipinski definition) is 0. The predicted molar refractivity (Wildman–Crippen MR) is 58.7 cm³/mol. The van der Waals surface area contributed by atoms with Crippen molar-refractivity contribution in [2.75, 3.05) is 0 Å². The van der Waals surface area contributed by atoms with E-state index in [1.54, 1.807) is 6.07 Å². The first-order valence-corrected chi connectivity index (χ1v) is 5.19. The minimum absolute atomic E-state index is 0.280. The van der Waals surface area contributed by atoms with Crippen LogP contribution in [-0.4, -0.2) is 6.29 Å². The van der Waals surface area contributed by atoms with E-state index in [1.807, 2.05) is 12.1 Å². The SMILES string of the molecule is O=CCc1cc2cc(Br)cc(Cl)c2o1. The first-order valence-electron chi connectivity index (χ1n) is 4.02. The Hall–Kier alpha value is -0.800. The van der Waals surface area contributed by atoms with Crippen molar-refractivity contribution in [2.45, 2.75) is 6.42 Å². The number of furan rings is 1. The number of rotatable bonds is 2. The smallest absolute Gasteiger partial charge is 0.152 e. The number of fused-ring (bicyclic) bond motifs is 1. The first-order chi connectivity index (χ1) is 6.70. The molecule has 2 nitrogen and oxygen atoms in total. The Kier molecular flexibility index (Phi) is 2.61. The summed E-state index contributed by atoms with van der Waals surface area (Å²) in [6, 6.07) is 5.48. The van der Waals surface area contributed by atoms with Crippen LogP contribution >= 0.6 is 27.5 Å². The van der Waals surface area contributed by atoms with E-state index in [4.69, 9.17) is 16.0 Å². The Balaban J connectivity index is 2.64. The van der Waals surface area contributed by atoms with Gasteiger partial charge in [0.05, 0.1) is 11.4 Å². The topological polar surface area (TPSA) is 30.2 Å². The van der Waals surface area contributed by atoms with E-state index in [-0.39, 0.29) is 6.42 Å². The van der Waals surface area contributed by atoms with Gasteiger partial charge in [0.2, 0.25) is 0 Å². The zero-order chi connectivity index (χ0) is 10.1. The summed E-state index contributed by atoms with van der Waals surface area (Å²) in [6.45, 7) is 0. The van der Waals surface area contributed by atoms with Crippen LogP contribution in [0, 0.1) is 0 Å². The van der Waals surface area contributed by atoms with E-state index in [0.29, 0.717) is 16.4 Å². The van der Waals surface area contributed by atoms with Crippen LogP contribution < -0.4 is 0 Å². The Bertz CT molecular complexity index is 490. The van der Waals surface area contributed by atoms with Crippen LogP contribution in [0.2, 0.25) is 5.02 Å². The van der Waals surface area contributed by atoms with Gasteiger partial charge in [-0.2, -0.15) is 0 Å². The molecule has 4 heteroatoms. The van der Waals surface area contributed by atoms with Crippen molar-refractivity contribution in [2.24, 2.45) is 0 Å². The molecule has 0 bridgehead atoms. The Morgan fingerprint density at radius 1 is 1.43 bits per heavy atom. The maximum Gasteiger partial charge on any atom is 0.152 e. The van der Waals surface area contributed by atoms with Gasteiger partial charge >= 0.3 is 0 Å². The van der Waals surface area contributed by atoms with E-state index in [2.05, 4.69) is 15.9 Å². The quantitative estimate of drug-likeness (QED) is 0.783. The minimum Gasteiger partial charge on any atom is -0.459 e. The molecule has 0 saturated heterocycles. The molecule has 0 atom stereocenters. The normalized spacial score (nSPS) is 10.7. The van der Waals surface area contributed by atoms with Crippen LogP contribution in [0.1, 0.15) is 5.76 Å². The van der Waals surface area contributed by atoms with Crippen molar-refractivity contribution >= 4 is 44.8 Å². The molecular weight excluding hydrogens is 267 g/mol. The van der Waals surface area contributed by atoms with E-state index in [0.717, 1.165) is 16.1 Å². The van der Waals surface area contributed by atoms with Crippen molar-refractivity contribution < 1.29 is 9.21 Å². The van der Waals surface area contributed by atoms with E-state index in [9.17, 15) is 4.79 Å². The lowest BCUT2D eigenvalue weighted by atomic mass is 10.2. The second kappa shape index (κ2) is 3.75. The zero-order valence-electron chi connectivity index (χ0n) is 7.09. The van der Waals surface area contributed by atoms with Gasteiger partial charge in [0.25, 0.3) is 0 Å². The van der Waals surface area contributed by atoms with Crippen molar-refractivity contribution in [3.05, 3.63) is 33.5 Å². The lowest BCUT2D eigenvalue weighted by Gasteiger charge is -1.93. The summed E-state index contributed by atoms with van der Waals surface area (Å²) in [4.78, 5) is 10.3. The lowest BCUT2D eigenvalue weighted by molar-refractivity contribution is -0.107. The third-order valence-corrected chi connectivity index (χ3v) is 2.61. The summed E-state index contributed by atoms with van der Waals surface area (Å²) < 4.78 is 6.31. The highest BCUT2D eigenvalue weighted by Crippen LogP contribution is 2.30. The van der Waals surface area contributed by atoms with Gasteiger partial charge in [-0.3, -0.25) is 0 Å². The van der Waals surface area contributed by atoms with Gasteiger partial charge in [-0.25, -0.2) is 0 Å². The molecule has 2 rings (SSSR count). The third-order valence-electron chi connectivity index (χ3n) is 1.87. The predicted octanol–water partition coefficient (Wildman–Crippen LogP) is 3.59. The van der Waals surface area contributed by atoms with Crippen LogP contribution in [0.15, 0.2) is 27.1 Å². The molecule has 0 unspecified atom stereocenters. The molecule has 1 heterocycles. The fourth-order valence-corrected chi connectivity index (χ4v) is 2.18. The summed E-state index contributed by atoms with van der Waals surface area (Å²) in [7, 11) is 0. The molecule has 0 aliphatic heterocycles. The number of halogens is 2. The summed E-state index contributed by atoms with van der Waals surface area (Å²) in [5.74, 6) is 0.634. The van der Waals surface area contributed by atoms with Crippen molar-refractivity contribution in [1.82, 2.24) is 0 Å². The largest absolute Gasteiger partial charge is 0.459 e. The molecule has 0 radical (unpaired) electrons. The number of carbonyl (C=O) groups excluding carboxylic acids is 1. The Morgan fingerprint density at radius 2 is 2.21 bits per heavy atom. The highest BCUT2D eigenvalue weighted by atomic mass is 79.9. The van der Waals surface area contributed by atoms with Crippen LogP contribution in [-0.2, 0) is 11.2 Å². The monoisotopic (exact) mass is 272 g/mol. The van der Waals surface area contributed by atoms with Crippen molar-refractivity contribution in [3.63, 3.8) is 0 Å². The number of benzene rings is 1. The molecule has 0 amide bonds. The fourth-order valence-electron chi connectivity index (χ4n) is 1.31. The molecule has 0 saturated carbocycles. The highest BCUT2D eigenvalue weighted by molar-refractivity contribution is 9.10. The number of hydrogen-bond acceptors (Lipinski definition) is 2. The van der Waals surface area contributed by atoms with Crippen molar-refractivity contribution in [3.8, 4) is 0 Å². The second-order valence-corrected chi connectivity index (χ2v) is 4.21. The first kappa shape index (κ1) is 9.74. The fraction of sp³-hybridized carbons (Fsp3) is 0.100. The Morgan fingerprint density at radius 3 is 2.93 bits per heavy atom. The molecule has 0 spiro atoms. The van der Waals surface area contributed by atoms with E-state index < -0.39 is 0 Å². The number of aldehydes is 1.